The van der Waals surface area contributed by atoms with Crippen LogP contribution in [-0.2, 0) is 4.79 Å². The summed E-state index contributed by atoms with van der Waals surface area (Å²) in [6.07, 6.45) is 2.34. The van der Waals surface area contributed by atoms with E-state index in [0.29, 0.717) is 12.8 Å². The summed E-state index contributed by atoms with van der Waals surface area (Å²) in [7, 11) is 0. The Morgan fingerprint density at radius 2 is 2.10 bits per heavy atom. The molecule has 1 atom stereocenters. The zero-order valence-electron chi connectivity index (χ0n) is 11.7. The van der Waals surface area contributed by atoms with Gasteiger partial charge in [-0.15, -0.1) is 0 Å². The number of benzene rings is 1. The number of nitriles is 1. The highest BCUT2D eigenvalue weighted by Gasteiger charge is 2.41. The Morgan fingerprint density at radius 1 is 1.45 bits per heavy atom. The number of nitrogens with one attached hydrogen (secondary N) is 1. The van der Waals surface area contributed by atoms with Crippen molar-refractivity contribution in [2.24, 2.45) is 5.41 Å². The third-order valence-electron chi connectivity index (χ3n) is 4.11. The number of rotatable bonds is 4. The van der Waals surface area contributed by atoms with E-state index in [1.165, 1.54) is 0 Å². The Kier molecular flexibility index (Phi) is 4.41. The third kappa shape index (κ3) is 2.83. The number of aliphatic hydroxyl groups is 1. The lowest BCUT2D eigenvalue weighted by Gasteiger charge is -2.21. The van der Waals surface area contributed by atoms with E-state index in [9.17, 15) is 15.2 Å². The Bertz CT molecular complexity index is 528. The Balaban J connectivity index is 1.97. The molecule has 0 radical (unpaired) electrons. The van der Waals surface area contributed by atoms with Crippen LogP contribution >= 0.6 is 0 Å². The fourth-order valence-electron chi connectivity index (χ4n) is 2.80. The summed E-state index contributed by atoms with van der Waals surface area (Å²) < 4.78 is 0. The maximum atomic E-state index is 12.2. The molecule has 1 fully saturated rings. The molecule has 1 aliphatic carbocycles. The lowest BCUT2D eigenvalue weighted by atomic mass is 9.87. The van der Waals surface area contributed by atoms with Gasteiger partial charge in [0.25, 0.3) is 0 Å². The zero-order chi connectivity index (χ0) is 14.6. The van der Waals surface area contributed by atoms with Crippen LogP contribution in [0.4, 0.5) is 0 Å². The van der Waals surface area contributed by atoms with Crippen molar-refractivity contribution < 1.29 is 9.90 Å². The maximum Gasteiger partial charge on any atom is 0.240 e. The number of carbonyl (C=O) groups excluding carboxylic acids is 1. The van der Waals surface area contributed by atoms with Crippen molar-refractivity contribution in [3.63, 3.8) is 0 Å². The van der Waals surface area contributed by atoms with Gasteiger partial charge in [-0.05, 0) is 30.9 Å². The average molecular weight is 272 g/mol. The number of nitrogens with zero attached hydrogens (tertiary/aromatic N) is 1. The van der Waals surface area contributed by atoms with Crippen LogP contribution in [0, 0.1) is 23.7 Å². The SMILES string of the molecule is Cc1ccccc1C(O)CNC(=O)C1(C#N)CCCC1. The van der Waals surface area contributed by atoms with E-state index in [1.54, 1.807) is 0 Å². The minimum Gasteiger partial charge on any atom is -0.387 e. The molecule has 0 aliphatic heterocycles. The fourth-order valence-corrected chi connectivity index (χ4v) is 2.80. The summed E-state index contributed by atoms with van der Waals surface area (Å²) >= 11 is 0. The molecule has 2 rings (SSSR count). The fraction of sp³-hybridized carbons (Fsp3) is 0.500. The Morgan fingerprint density at radius 3 is 2.70 bits per heavy atom. The van der Waals surface area contributed by atoms with E-state index in [1.807, 2.05) is 31.2 Å². The first-order chi connectivity index (χ1) is 9.59. The lowest BCUT2D eigenvalue weighted by Crippen LogP contribution is -2.40. The third-order valence-corrected chi connectivity index (χ3v) is 4.11. The topological polar surface area (TPSA) is 73.1 Å². The van der Waals surface area contributed by atoms with Gasteiger partial charge < -0.3 is 10.4 Å². The Hall–Kier alpha value is -1.86. The molecule has 1 aromatic carbocycles. The normalized spacial score (nSPS) is 18.2. The van der Waals surface area contributed by atoms with E-state index >= 15 is 0 Å². The molecule has 2 N–H and O–H groups in total. The molecule has 1 amide bonds. The molecule has 0 bridgehead atoms. The van der Waals surface area contributed by atoms with Crippen LogP contribution in [0.15, 0.2) is 24.3 Å². The molecule has 1 aliphatic rings. The van der Waals surface area contributed by atoms with Gasteiger partial charge in [-0.3, -0.25) is 4.79 Å². The van der Waals surface area contributed by atoms with E-state index in [2.05, 4.69) is 11.4 Å². The van der Waals surface area contributed by atoms with E-state index in [-0.39, 0.29) is 12.5 Å². The predicted octanol–water partition coefficient (Wildman–Crippen LogP) is 2.23. The highest BCUT2D eigenvalue weighted by Crippen LogP contribution is 2.37. The van der Waals surface area contributed by atoms with Crippen molar-refractivity contribution in [3.05, 3.63) is 35.4 Å². The van der Waals surface area contributed by atoms with Crippen molar-refractivity contribution in [1.29, 1.82) is 5.26 Å². The molecule has 1 saturated carbocycles. The van der Waals surface area contributed by atoms with Crippen molar-refractivity contribution in [3.8, 4) is 6.07 Å². The van der Waals surface area contributed by atoms with Crippen LogP contribution in [0.2, 0.25) is 0 Å². The van der Waals surface area contributed by atoms with Crippen molar-refractivity contribution in [2.45, 2.75) is 38.7 Å². The molecule has 0 heterocycles. The molecule has 1 aromatic rings. The molecule has 4 heteroatoms. The first kappa shape index (κ1) is 14.5. The van der Waals surface area contributed by atoms with Gasteiger partial charge in [0, 0.05) is 6.54 Å². The molecule has 0 aromatic heterocycles. The molecule has 0 spiro atoms. The molecular formula is C16H20N2O2. The van der Waals surface area contributed by atoms with E-state index in [0.717, 1.165) is 24.0 Å². The minimum atomic E-state index is -0.883. The van der Waals surface area contributed by atoms with E-state index in [4.69, 9.17) is 0 Å². The first-order valence-corrected chi connectivity index (χ1v) is 7.02. The second-order valence-electron chi connectivity index (χ2n) is 5.48. The lowest BCUT2D eigenvalue weighted by molar-refractivity contribution is -0.128. The largest absolute Gasteiger partial charge is 0.387 e. The standard InChI is InChI=1S/C16H20N2O2/c1-12-6-2-3-7-13(12)14(19)10-18-15(20)16(11-17)8-4-5-9-16/h2-3,6-7,14,19H,4-5,8-10H2,1H3,(H,18,20). The van der Waals surface area contributed by atoms with Gasteiger partial charge in [-0.2, -0.15) is 5.26 Å². The van der Waals surface area contributed by atoms with Crippen LogP contribution in [0.3, 0.4) is 0 Å². The van der Waals surface area contributed by atoms with Crippen LogP contribution in [-0.4, -0.2) is 17.6 Å². The van der Waals surface area contributed by atoms with Crippen LogP contribution in [0.5, 0.6) is 0 Å². The van der Waals surface area contributed by atoms with Gasteiger partial charge in [0.05, 0.1) is 12.2 Å². The summed E-state index contributed by atoms with van der Waals surface area (Å²) in [6, 6.07) is 9.70. The predicted molar refractivity (Wildman–Crippen MR) is 75.7 cm³/mol. The van der Waals surface area contributed by atoms with Gasteiger partial charge in [-0.1, -0.05) is 37.1 Å². The summed E-state index contributed by atoms with van der Waals surface area (Å²) in [5, 5.41) is 22.1. The Labute approximate surface area is 119 Å². The number of aryl methyl sites for hydroxylation is 1. The number of hydrogen-bond donors (Lipinski definition) is 2. The highest BCUT2D eigenvalue weighted by molar-refractivity contribution is 5.85. The highest BCUT2D eigenvalue weighted by atomic mass is 16.3. The van der Waals surface area contributed by atoms with Crippen LogP contribution in [0.1, 0.15) is 42.9 Å². The summed E-state index contributed by atoms with van der Waals surface area (Å²) in [6.45, 7) is 2.07. The van der Waals surface area contributed by atoms with E-state index < -0.39 is 11.5 Å². The smallest absolute Gasteiger partial charge is 0.240 e. The van der Waals surface area contributed by atoms with Crippen LogP contribution < -0.4 is 5.32 Å². The summed E-state index contributed by atoms with van der Waals surface area (Å²) in [4.78, 5) is 12.2. The molecular weight excluding hydrogens is 252 g/mol. The molecule has 106 valence electrons. The molecule has 4 nitrogen and oxygen atoms in total. The molecule has 0 saturated heterocycles. The number of hydrogen-bond acceptors (Lipinski definition) is 3. The van der Waals surface area contributed by atoms with Gasteiger partial charge in [0.1, 0.15) is 5.41 Å². The molecule has 20 heavy (non-hydrogen) atoms. The summed E-state index contributed by atoms with van der Waals surface area (Å²) in [5.41, 5.74) is 0.918. The zero-order valence-corrected chi connectivity index (χ0v) is 11.7. The van der Waals surface area contributed by atoms with Gasteiger partial charge in [0.15, 0.2) is 0 Å². The van der Waals surface area contributed by atoms with Gasteiger partial charge in [-0.25, -0.2) is 0 Å². The van der Waals surface area contributed by atoms with Crippen molar-refractivity contribution >= 4 is 5.91 Å². The number of carbonyl (C=O) groups is 1. The number of aliphatic hydroxyl groups excluding tert-OH is 1. The quantitative estimate of drug-likeness (QED) is 0.882. The number of amides is 1. The van der Waals surface area contributed by atoms with Gasteiger partial charge >= 0.3 is 0 Å². The minimum absolute atomic E-state index is 0.146. The van der Waals surface area contributed by atoms with Crippen LogP contribution in [0.25, 0.3) is 0 Å². The summed E-state index contributed by atoms with van der Waals surface area (Å²) in [5.74, 6) is -0.245. The van der Waals surface area contributed by atoms with Crippen molar-refractivity contribution in [2.75, 3.05) is 6.54 Å². The molecule has 1 unspecified atom stereocenters. The second kappa shape index (κ2) is 6.06. The maximum absolute atomic E-state index is 12.2. The first-order valence-electron chi connectivity index (χ1n) is 7.02. The van der Waals surface area contributed by atoms with Crippen molar-refractivity contribution in [1.82, 2.24) is 5.32 Å². The second-order valence-corrected chi connectivity index (χ2v) is 5.48. The van der Waals surface area contributed by atoms with Gasteiger partial charge in [0.2, 0.25) is 5.91 Å². The average Bonchev–Trinajstić information content (AvgIpc) is 2.95. The monoisotopic (exact) mass is 272 g/mol.